The van der Waals surface area contributed by atoms with Crippen LogP contribution in [0.25, 0.3) is 0 Å². The van der Waals surface area contributed by atoms with Crippen molar-refractivity contribution in [1.29, 1.82) is 0 Å². The van der Waals surface area contributed by atoms with E-state index in [1.54, 1.807) is 13.0 Å². The van der Waals surface area contributed by atoms with E-state index < -0.39 is 12.1 Å². The SMILES string of the molecule is Cc1ccc(CN2C(=O)C(C)Oc3c(C(=O)O)cc(Cl)cc32)cc1. The van der Waals surface area contributed by atoms with Crippen molar-refractivity contribution in [2.45, 2.75) is 26.5 Å². The Morgan fingerprint density at radius 3 is 2.58 bits per heavy atom. The first-order valence-corrected chi connectivity index (χ1v) is 7.85. The van der Waals surface area contributed by atoms with Crippen LogP contribution < -0.4 is 9.64 Å². The normalized spacial score (nSPS) is 16.5. The maximum Gasteiger partial charge on any atom is 0.339 e. The fraction of sp³-hybridized carbons (Fsp3) is 0.222. The molecule has 3 rings (SSSR count). The summed E-state index contributed by atoms with van der Waals surface area (Å²) in [6.07, 6.45) is -0.762. The first-order chi connectivity index (χ1) is 11.4. The number of carbonyl (C=O) groups is 2. The lowest BCUT2D eigenvalue weighted by Gasteiger charge is -2.34. The second-order valence-electron chi connectivity index (χ2n) is 5.78. The minimum Gasteiger partial charge on any atom is -0.478 e. The first kappa shape index (κ1) is 16.3. The molecular weight excluding hydrogens is 330 g/mol. The van der Waals surface area contributed by atoms with Gasteiger partial charge in [-0.05, 0) is 31.5 Å². The third-order valence-corrected chi connectivity index (χ3v) is 4.14. The highest BCUT2D eigenvalue weighted by atomic mass is 35.5. The molecule has 124 valence electrons. The van der Waals surface area contributed by atoms with E-state index in [9.17, 15) is 14.7 Å². The van der Waals surface area contributed by atoms with Gasteiger partial charge in [-0.25, -0.2) is 4.79 Å². The van der Waals surface area contributed by atoms with Crippen molar-refractivity contribution >= 4 is 29.2 Å². The van der Waals surface area contributed by atoms with Gasteiger partial charge in [-0.3, -0.25) is 4.79 Å². The van der Waals surface area contributed by atoms with Gasteiger partial charge in [-0.1, -0.05) is 41.4 Å². The van der Waals surface area contributed by atoms with Crippen molar-refractivity contribution in [2.24, 2.45) is 0 Å². The van der Waals surface area contributed by atoms with E-state index in [4.69, 9.17) is 16.3 Å². The van der Waals surface area contributed by atoms with Gasteiger partial charge in [0.1, 0.15) is 5.56 Å². The molecule has 1 aliphatic heterocycles. The summed E-state index contributed by atoms with van der Waals surface area (Å²) in [4.78, 5) is 25.6. The van der Waals surface area contributed by atoms with E-state index in [1.165, 1.54) is 11.0 Å². The predicted octanol–water partition coefficient (Wildman–Crippen LogP) is 3.66. The van der Waals surface area contributed by atoms with Gasteiger partial charge in [0, 0.05) is 5.02 Å². The van der Waals surface area contributed by atoms with E-state index in [2.05, 4.69) is 0 Å². The maximum atomic E-state index is 12.6. The van der Waals surface area contributed by atoms with Gasteiger partial charge < -0.3 is 14.7 Å². The summed E-state index contributed by atoms with van der Waals surface area (Å²) < 4.78 is 5.55. The fourth-order valence-electron chi connectivity index (χ4n) is 2.67. The summed E-state index contributed by atoms with van der Waals surface area (Å²) in [5.41, 5.74) is 2.39. The van der Waals surface area contributed by atoms with Crippen molar-refractivity contribution in [1.82, 2.24) is 0 Å². The van der Waals surface area contributed by atoms with Crippen LogP contribution in [0.2, 0.25) is 5.02 Å². The van der Waals surface area contributed by atoms with Gasteiger partial charge in [0.25, 0.3) is 5.91 Å². The molecule has 0 saturated carbocycles. The number of hydrogen-bond donors (Lipinski definition) is 1. The molecule has 0 saturated heterocycles. The summed E-state index contributed by atoms with van der Waals surface area (Å²) in [6.45, 7) is 3.91. The number of nitrogens with zero attached hydrogens (tertiary/aromatic N) is 1. The van der Waals surface area contributed by atoms with Crippen LogP contribution in [-0.2, 0) is 11.3 Å². The zero-order valence-electron chi connectivity index (χ0n) is 13.2. The molecule has 1 amide bonds. The number of rotatable bonds is 3. The molecule has 0 spiro atoms. The number of aromatic carboxylic acids is 1. The number of hydrogen-bond acceptors (Lipinski definition) is 3. The number of carbonyl (C=O) groups excluding carboxylic acids is 1. The Morgan fingerprint density at radius 2 is 1.96 bits per heavy atom. The Labute approximate surface area is 144 Å². The van der Waals surface area contributed by atoms with E-state index in [0.717, 1.165) is 11.1 Å². The number of amides is 1. The number of benzene rings is 2. The molecule has 0 fully saturated rings. The lowest BCUT2D eigenvalue weighted by Crippen LogP contribution is -2.44. The Hall–Kier alpha value is -2.53. The van der Waals surface area contributed by atoms with Crippen LogP contribution in [0.5, 0.6) is 5.75 Å². The van der Waals surface area contributed by atoms with Gasteiger partial charge in [0.05, 0.1) is 12.2 Å². The smallest absolute Gasteiger partial charge is 0.339 e. The molecule has 1 N–H and O–H groups in total. The summed E-state index contributed by atoms with van der Waals surface area (Å²) >= 11 is 6.04. The number of fused-ring (bicyclic) bond motifs is 1. The monoisotopic (exact) mass is 345 g/mol. The fourth-order valence-corrected chi connectivity index (χ4v) is 2.88. The van der Waals surface area contributed by atoms with Crippen molar-refractivity contribution in [2.75, 3.05) is 4.90 Å². The molecule has 0 aliphatic carbocycles. The number of aryl methyl sites for hydroxylation is 1. The first-order valence-electron chi connectivity index (χ1n) is 7.47. The van der Waals surface area contributed by atoms with Gasteiger partial charge in [-0.15, -0.1) is 0 Å². The van der Waals surface area contributed by atoms with Gasteiger partial charge >= 0.3 is 5.97 Å². The third kappa shape index (κ3) is 2.95. The molecule has 1 aliphatic rings. The average molecular weight is 346 g/mol. The van der Waals surface area contributed by atoms with Crippen LogP contribution in [0.4, 0.5) is 5.69 Å². The molecule has 24 heavy (non-hydrogen) atoms. The Balaban J connectivity index is 2.08. The largest absolute Gasteiger partial charge is 0.478 e. The molecule has 1 heterocycles. The van der Waals surface area contributed by atoms with Crippen LogP contribution >= 0.6 is 11.6 Å². The summed E-state index contributed by atoms with van der Waals surface area (Å²) in [5, 5.41) is 9.62. The Morgan fingerprint density at radius 1 is 1.29 bits per heavy atom. The van der Waals surface area contributed by atoms with E-state index in [0.29, 0.717) is 12.2 Å². The third-order valence-electron chi connectivity index (χ3n) is 3.93. The van der Waals surface area contributed by atoms with Crippen molar-refractivity contribution in [3.05, 3.63) is 58.1 Å². The van der Waals surface area contributed by atoms with Crippen molar-refractivity contribution in [3.63, 3.8) is 0 Å². The Bertz CT molecular complexity index is 817. The van der Waals surface area contributed by atoms with Crippen molar-refractivity contribution < 1.29 is 19.4 Å². The highest BCUT2D eigenvalue weighted by Crippen LogP contribution is 2.40. The van der Waals surface area contributed by atoms with E-state index in [-0.39, 0.29) is 22.2 Å². The minimum absolute atomic E-state index is 0.0502. The molecule has 0 bridgehead atoms. The standard InChI is InChI=1S/C18H16ClNO4/c1-10-3-5-12(6-4-10)9-20-15-8-13(19)7-14(18(22)23)16(15)24-11(2)17(20)21/h3-8,11H,9H2,1-2H3,(H,22,23). The van der Waals surface area contributed by atoms with Gasteiger partial charge in [-0.2, -0.15) is 0 Å². The van der Waals surface area contributed by atoms with Crippen LogP contribution in [-0.4, -0.2) is 23.1 Å². The second-order valence-corrected chi connectivity index (χ2v) is 6.21. The van der Waals surface area contributed by atoms with Crippen LogP contribution in [0.3, 0.4) is 0 Å². The zero-order valence-corrected chi connectivity index (χ0v) is 14.0. The average Bonchev–Trinajstić information content (AvgIpc) is 2.53. The number of halogens is 1. The number of anilines is 1. The predicted molar refractivity (Wildman–Crippen MR) is 90.9 cm³/mol. The topological polar surface area (TPSA) is 66.8 Å². The molecular formula is C18H16ClNO4. The van der Waals surface area contributed by atoms with Crippen LogP contribution in [0, 0.1) is 6.92 Å². The molecule has 2 aromatic rings. The molecule has 0 radical (unpaired) electrons. The quantitative estimate of drug-likeness (QED) is 0.921. The molecule has 1 atom stereocenters. The summed E-state index contributed by atoms with van der Waals surface area (Å²) in [6, 6.07) is 10.7. The lowest BCUT2D eigenvalue weighted by molar-refractivity contribution is -0.125. The molecule has 0 aromatic heterocycles. The molecule has 1 unspecified atom stereocenters. The summed E-state index contributed by atoms with van der Waals surface area (Å²) in [5.74, 6) is -1.21. The lowest BCUT2D eigenvalue weighted by atomic mass is 10.1. The van der Waals surface area contributed by atoms with Crippen LogP contribution in [0.15, 0.2) is 36.4 Å². The highest BCUT2D eigenvalue weighted by Gasteiger charge is 2.34. The maximum absolute atomic E-state index is 12.6. The summed E-state index contributed by atoms with van der Waals surface area (Å²) in [7, 11) is 0. The van der Waals surface area contributed by atoms with E-state index >= 15 is 0 Å². The molecule has 5 nitrogen and oxygen atoms in total. The van der Waals surface area contributed by atoms with Crippen LogP contribution in [0.1, 0.15) is 28.4 Å². The van der Waals surface area contributed by atoms with Gasteiger partial charge in [0.15, 0.2) is 11.9 Å². The minimum atomic E-state index is -1.15. The number of carboxylic acids is 1. The van der Waals surface area contributed by atoms with Gasteiger partial charge in [0.2, 0.25) is 0 Å². The Kier molecular flexibility index (Phi) is 4.20. The molecule has 2 aromatic carbocycles. The highest BCUT2D eigenvalue weighted by molar-refractivity contribution is 6.31. The second kappa shape index (κ2) is 6.17. The number of ether oxygens (including phenoxy) is 1. The van der Waals surface area contributed by atoms with Crippen molar-refractivity contribution in [3.8, 4) is 5.75 Å². The number of carboxylic acid groups (broad SMARTS) is 1. The van der Waals surface area contributed by atoms with E-state index in [1.807, 2.05) is 31.2 Å². The zero-order chi connectivity index (χ0) is 17.4. The molecule has 6 heteroatoms.